The smallest absolute Gasteiger partial charge is 0.0668 e. The van der Waals surface area contributed by atoms with E-state index in [9.17, 15) is 0 Å². The van der Waals surface area contributed by atoms with E-state index in [-0.39, 0.29) is 0 Å². The second kappa shape index (κ2) is 6.76. The van der Waals surface area contributed by atoms with Crippen molar-refractivity contribution in [3.05, 3.63) is 29.8 Å². The van der Waals surface area contributed by atoms with Crippen molar-refractivity contribution in [1.29, 1.82) is 0 Å². The number of nitrogens with one attached hydrogen (secondary N) is 1. The number of ether oxygens (including phenoxy) is 1. The molecule has 2 rings (SSSR count). The molecule has 0 saturated carbocycles. The summed E-state index contributed by atoms with van der Waals surface area (Å²) < 4.78 is 5.51. The molecule has 0 radical (unpaired) electrons. The van der Waals surface area contributed by atoms with Crippen LogP contribution in [0.1, 0.15) is 25.8 Å². The highest BCUT2D eigenvalue weighted by Gasteiger charge is 2.20. The van der Waals surface area contributed by atoms with Crippen LogP contribution in [0.5, 0.6) is 0 Å². The molecule has 1 N–H and O–H groups in total. The summed E-state index contributed by atoms with van der Waals surface area (Å²) in [6.45, 7) is 9.11. The largest absolute Gasteiger partial charge is 0.377 e. The average Bonchev–Trinajstić information content (AvgIpc) is 2.40. The lowest BCUT2D eigenvalue weighted by Gasteiger charge is -2.36. The van der Waals surface area contributed by atoms with Crippen LogP contribution in [-0.2, 0) is 11.3 Å². The lowest BCUT2D eigenvalue weighted by Crippen LogP contribution is -2.44. The van der Waals surface area contributed by atoms with Crippen LogP contribution in [-0.4, -0.2) is 32.3 Å². The van der Waals surface area contributed by atoms with Gasteiger partial charge in [0, 0.05) is 24.8 Å². The molecule has 18 heavy (non-hydrogen) atoms. The highest BCUT2D eigenvalue weighted by atomic mass is 16.5. The fourth-order valence-corrected chi connectivity index (χ4v) is 2.43. The van der Waals surface area contributed by atoms with Crippen LogP contribution in [0, 0.1) is 0 Å². The maximum Gasteiger partial charge on any atom is 0.0668 e. The fourth-order valence-electron chi connectivity index (χ4n) is 2.43. The number of para-hydroxylation sites is 1. The van der Waals surface area contributed by atoms with E-state index < -0.39 is 0 Å². The van der Waals surface area contributed by atoms with Gasteiger partial charge in [-0.3, -0.25) is 0 Å². The van der Waals surface area contributed by atoms with Crippen LogP contribution >= 0.6 is 0 Å². The second-order valence-electron chi connectivity index (χ2n) is 4.92. The molecule has 1 fully saturated rings. The molecule has 1 heterocycles. The summed E-state index contributed by atoms with van der Waals surface area (Å²) in [7, 11) is 0. The van der Waals surface area contributed by atoms with Crippen molar-refractivity contribution in [2.75, 3.05) is 31.2 Å². The van der Waals surface area contributed by atoms with Crippen LogP contribution in [0.15, 0.2) is 24.3 Å². The Bertz CT molecular complexity index is 367. The van der Waals surface area contributed by atoms with E-state index in [4.69, 9.17) is 4.74 Å². The molecule has 1 unspecified atom stereocenters. The van der Waals surface area contributed by atoms with E-state index in [1.807, 2.05) is 0 Å². The summed E-state index contributed by atoms with van der Waals surface area (Å²) in [5.74, 6) is 0. The van der Waals surface area contributed by atoms with E-state index >= 15 is 0 Å². The number of rotatable bonds is 5. The van der Waals surface area contributed by atoms with Gasteiger partial charge in [0.1, 0.15) is 0 Å². The minimum atomic E-state index is 0.464. The zero-order chi connectivity index (χ0) is 12.8. The summed E-state index contributed by atoms with van der Waals surface area (Å²) in [4.78, 5) is 2.46. The molecule has 1 saturated heterocycles. The molecule has 100 valence electrons. The Kier molecular flexibility index (Phi) is 5.02. The summed E-state index contributed by atoms with van der Waals surface area (Å²) in [5, 5.41) is 3.49. The minimum absolute atomic E-state index is 0.464. The molecule has 1 aromatic carbocycles. The van der Waals surface area contributed by atoms with E-state index in [0.29, 0.717) is 6.04 Å². The number of benzene rings is 1. The third-order valence-electron chi connectivity index (χ3n) is 3.41. The number of hydrogen-bond acceptors (Lipinski definition) is 3. The topological polar surface area (TPSA) is 24.5 Å². The third kappa shape index (κ3) is 3.24. The average molecular weight is 248 g/mol. The molecule has 3 heteroatoms. The van der Waals surface area contributed by atoms with Gasteiger partial charge in [-0.05, 0) is 31.5 Å². The Morgan fingerprint density at radius 1 is 1.39 bits per heavy atom. The zero-order valence-electron chi connectivity index (χ0n) is 11.5. The highest BCUT2D eigenvalue weighted by Crippen LogP contribution is 2.24. The second-order valence-corrected chi connectivity index (χ2v) is 4.92. The first-order chi connectivity index (χ1) is 8.83. The molecule has 1 aliphatic rings. The van der Waals surface area contributed by atoms with Crippen molar-refractivity contribution >= 4 is 5.69 Å². The van der Waals surface area contributed by atoms with Crippen LogP contribution < -0.4 is 10.2 Å². The van der Waals surface area contributed by atoms with Crippen LogP contribution in [0.4, 0.5) is 5.69 Å². The number of morpholine rings is 1. The first-order valence-corrected chi connectivity index (χ1v) is 6.96. The fraction of sp³-hybridized carbons (Fsp3) is 0.600. The Morgan fingerprint density at radius 2 is 2.22 bits per heavy atom. The highest BCUT2D eigenvalue weighted by molar-refractivity contribution is 5.54. The monoisotopic (exact) mass is 248 g/mol. The predicted molar refractivity (Wildman–Crippen MR) is 76.1 cm³/mol. The van der Waals surface area contributed by atoms with Crippen molar-refractivity contribution in [1.82, 2.24) is 5.32 Å². The van der Waals surface area contributed by atoms with Gasteiger partial charge in [0.15, 0.2) is 0 Å². The maximum atomic E-state index is 5.51. The third-order valence-corrected chi connectivity index (χ3v) is 3.41. The molecule has 0 amide bonds. The lowest BCUT2D eigenvalue weighted by atomic mass is 10.1. The van der Waals surface area contributed by atoms with Gasteiger partial charge in [-0.25, -0.2) is 0 Å². The van der Waals surface area contributed by atoms with Gasteiger partial charge in [-0.1, -0.05) is 25.1 Å². The van der Waals surface area contributed by atoms with Gasteiger partial charge in [0.05, 0.1) is 13.2 Å². The Morgan fingerprint density at radius 3 is 3.00 bits per heavy atom. The molecule has 1 aromatic rings. The quantitative estimate of drug-likeness (QED) is 0.810. The van der Waals surface area contributed by atoms with Gasteiger partial charge in [-0.2, -0.15) is 0 Å². The molecular formula is C15H24N2O. The SMILES string of the molecule is CCCNCc1ccccc1N1CCOCC1C. The summed E-state index contributed by atoms with van der Waals surface area (Å²) in [5.41, 5.74) is 2.75. The van der Waals surface area contributed by atoms with Gasteiger partial charge < -0.3 is 15.0 Å². The molecule has 0 aliphatic carbocycles. The van der Waals surface area contributed by atoms with Gasteiger partial charge in [-0.15, -0.1) is 0 Å². The van der Waals surface area contributed by atoms with Gasteiger partial charge in [0.2, 0.25) is 0 Å². The minimum Gasteiger partial charge on any atom is -0.377 e. The number of anilines is 1. The van der Waals surface area contributed by atoms with Crippen molar-refractivity contribution in [2.24, 2.45) is 0 Å². The summed E-state index contributed by atoms with van der Waals surface area (Å²) in [6.07, 6.45) is 1.18. The van der Waals surface area contributed by atoms with E-state index in [2.05, 4.69) is 48.3 Å². The Balaban J connectivity index is 2.10. The van der Waals surface area contributed by atoms with Crippen molar-refractivity contribution in [3.8, 4) is 0 Å². The molecular weight excluding hydrogens is 224 g/mol. The molecule has 0 bridgehead atoms. The van der Waals surface area contributed by atoms with Crippen molar-refractivity contribution < 1.29 is 4.74 Å². The predicted octanol–water partition coefficient (Wildman–Crippen LogP) is 2.41. The van der Waals surface area contributed by atoms with Crippen LogP contribution in [0.2, 0.25) is 0 Å². The first-order valence-electron chi connectivity index (χ1n) is 6.96. The summed E-state index contributed by atoms with van der Waals surface area (Å²) >= 11 is 0. The molecule has 0 aromatic heterocycles. The zero-order valence-corrected chi connectivity index (χ0v) is 11.5. The molecule has 0 spiro atoms. The van der Waals surface area contributed by atoms with Crippen LogP contribution in [0.25, 0.3) is 0 Å². The number of hydrogen-bond donors (Lipinski definition) is 1. The Labute approximate surface area is 110 Å². The maximum absolute atomic E-state index is 5.51. The normalized spacial score (nSPS) is 20.1. The molecule has 1 atom stereocenters. The van der Waals surface area contributed by atoms with Gasteiger partial charge in [0.25, 0.3) is 0 Å². The van der Waals surface area contributed by atoms with E-state index in [0.717, 1.165) is 32.8 Å². The van der Waals surface area contributed by atoms with E-state index in [1.54, 1.807) is 0 Å². The lowest BCUT2D eigenvalue weighted by molar-refractivity contribution is 0.0988. The molecule has 1 aliphatic heterocycles. The van der Waals surface area contributed by atoms with Crippen molar-refractivity contribution in [3.63, 3.8) is 0 Å². The first kappa shape index (κ1) is 13.4. The summed E-state index contributed by atoms with van der Waals surface area (Å²) in [6, 6.07) is 9.16. The van der Waals surface area contributed by atoms with Crippen molar-refractivity contribution in [2.45, 2.75) is 32.9 Å². The standard InChI is InChI=1S/C15H24N2O/c1-3-8-16-11-14-6-4-5-7-15(14)17-9-10-18-12-13(17)2/h4-7,13,16H,3,8-12H2,1-2H3. The van der Waals surface area contributed by atoms with Crippen LogP contribution in [0.3, 0.4) is 0 Å². The van der Waals surface area contributed by atoms with Gasteiger partial charge >= 0.3 is 0 Å². The van der Waals surface area contributed by atoms with E-state index in [1.165, 1.54) is 17.7 Å². The Hall–Kier alpha value is -1.06. The molecule has 3 nitrogen and oxygen atoms in total. The number of nitrogens with zero attached hydrogens (tertiary/aromatic N) is 1.